The Balaban J connectivity index is 2.78. The molecule has 1 amide bonds. The quantitative estimate of drug-likeness (QED) is 0.629. The monoisotopic (exact) mass is 298 g/mol. The van der Waals surface area contributed by atoms with Crippen LogP contribution in [0.4, 0.5) is 0 Å². The van der Waals surface area contributed by atoms with Crippen LogP contribution in [-0.4, -0.2) is 38.6 Å². The SMILES string of the molecule is C=CCNS(=O)(=O)c1ccc(C(=O)NCC(C)O)cc1. The second-order valence-electron chi connectivity index (χ2n) is 4.22. The lowest BCUT2D eigenvalue weighted by molar-refractivity contribution is 0.0924. The van der Waals surface area contributed by atoms with Gasteiger partial charge in [0, 0.05) is 18.7 Å². The van der Waals surface area contributed by atoms with Gasteiger partial charge in [-0.15, -0.1) is 6.58 Å². The number of benzene rings is 1. The molecule has 0 fully saturated rings. The molecule has 0 aliphatic rings. The topological polar surface area (TPSA) is 95.5 Å². The van der Waals surface area contributed by atoms with Crippen LogP contribution < -0.4 is 10.0 Å². The highest BCUT2D eigenvalue weighted by molar-refractivity contribution is 7.89. The summed E-state index contributed by atoms with van der Waals surface area (Å²) in [5.41, 5.74) is 0.327. The molecule has 7 heteroatoms. The Hall–Kier alpha value is -1.70. The van der Waals surface area contributed by atoms with Crippen molar-refractivity contribution in [3.63, 3.8) is 0 Å². The van der Waals surface area contributed by atoms with Crippen molar-refractivity contribution < 1.29 is 18.3 Å². The van der Waals surface area contributed by atoms with Crippen LogP contribution in [0.2, 0.25) is 0 Å². The summed E-state index contributed by atoms with van der Waals surface area (Å²) >= 11 is 0. The lowest BCUT2D eigenvalue weighted by atomic mass is 10.2. The maximum Gasteiger partial charge on any atom is 0.251 e. The molecule has 0 aromatic heterocycles. The molecule has 20 heavy (non-hydrogen) atoms. The number of aliphatic hydroxyl groups excluding tert-OH is 1. The van der Waals surface area contributed by atoms with E-state index in [0.717, 1.165) is 0 Å². The van der Waals surface area contributed by atoms with Crippen molar-refractivity contribution >= 4 is 15.9 Å². The summed E-state index contributed by atoms with van der Waals surface area (Å²) in [6.07, 6.45) is 0.803. The number of carbonyl (C=O) groups excluding carboxylic acids is 1. The Morgan fingerprint density at radius 3 is 2.50 bits per heavy atom. The van der Waals surface area contributed by atoms with Gasteiger partial charge in [-0.05, 0) is 31.2 Å². The molecule has 0 bridgehead atoms. The van der Waals surface area contributed by atoms with E-state index >= 15 is 0 Å². The average molecular weight is 298 g/mol. The van der Waals surface area contributed by atoms with Crippen LogP contribution in [0.25, 0.3) is 0 Å². The second-order valence-corrected chi connectivity index (χ2v) is 5.99. The highest BCUT2D eigenvalue weighted by atomic mass is 32.2. The van der Waals surface area contributed by atoms with Crippen LogP contribution >= 0.6 is 0 Å². The van der Waals surface area contributed by atoms with Gasteiger partial charge >= 0.3 is 0 Å². The van der Waals surface area contributed by atoms with Gasteiger partial charge < -0.3 is 10.4 Å². The van der Waals surface area contributed by atoms with Crippen LogP contribution in [0.1, 0.15) is 17.3 Å². The normalized spacial score (nSPS) is 12.7. The highest BCUT2D eigenvalue weighted by Crippen LogP contribution is 2.10. The summed E-state index contributed by atoms with van der Waals surface area (Å²) in [4.78, 5) is 11.8. The number of hydrogen-bond acceptors (Lipinski definition) is 4. The van der Waals surface area contributed by atoms with Gasteiger partial charge in [-0.2, -0.15) is 0 Å². The van der Waals surface area contributed by atoms with Crippen molar-refractivity contribution in [2.24, 2.45) is 0 Å². The van der Waals surface area contributed by atoms with Gasteiger partial charge in [0.2, 0.25) is 10.0 Å². The molecule has 1 atom stereocenters. The van der Waals surface area contributed by atoms with Crippen molar-refractivity contribution in [2.75, 3.05) is 13.1 Å². The van der Waals surface area contributed by atoms with Gasteiger partial charge in [-0.3, -0.25) is 4.79 Å². The van der Waals surface area contributed by atoms with Gasteiger partial charge in [0.05, 0.1) is 11.0 Å². The molecular formula is C13H18N2O4S. The molecule has 0 saturated heterocycles. The summed E-state index contributed by atoms with van der Waals surface area (Å²) in [6.45, 7) is 5.26. The smallest absolute Gasteiger partial charge is 0.251 e. The maximum atomic E-state index is 11.8. The van der Waals surface area contributed by atoms with E-state index in [9.17, 15) is 13.2 Å². The molecule has 3 N–H and O–H groups in total. The first-order valence-corrected chi connectivity index (χ1v) is 7.52. The Kier molecular flexibility index (Phi) is 5.87. The van der Waals surface area contributed by atoms with E-state index in [1.807, 2.05) is 0 Å². The van der Waals surface area contributed by atoms with Crippen LogP contribution in [0.15, 0.2) is 41.8 Å². The molecule has 0 aliphatic heterocycles. The summed E-state index contributed by atoms with van der Waals surface area (Å²) in [5.74, 6) is -0.367. The number of aliphatic hydroxyl groups is 1. The van der Waals surface area contributed by atoms with Crippen molar-refractivity contribution in [1.82, 2.24) is 10.0 Å². The predicted octanol–water partition coefficient (Wildman–Crippen LogP) is 0.262. The average Bonchev–Trinajstić information content (AvgIpc) is 2.42. The molecule has 1 aromatic rings. The first-order valence-electron chi connectivity index (χ1n) is 6.03. The number of sulfonamides is 1. The van der Waals surface area contributed by atoms with E-state index in [4.69, 9.17) is 5.11 Å². The minimum absolute atomic E-state index is 0.0754. The highest BCUT2D eigenvalue weighted by Gasteiger charge is 2.13. The fourth-order valence-corrected chi connectivity index (χ4v) is 2.38. The van der Waals surface area contributed by atoms with Crippen molar-refractivity contribution in [3.8, 4) is 0 Å². The Morgan fingerprint density at radius 2 is 2.00 bits per heavy atom. The standard InChI is InChI=1S/C13H18N2O4S/c1-3-8-15-20(18,19)12-6-4-11(5-7-12)13(17)14-9-10(2)16/h3-7,10,15-16H,1,8-9H2,2H3,(H,14,17). The van der Waals surface area contributed by atoms with Gasteiger partial charge in [-0.1, -0.05) is 6.08 Å². The summed E-state index contributed by atoms with van der Waals surface area (Å²) in [7, 11) is -3.58. The Labute approximate surface area is 118 Å². The number of amides is 1. The predicted molar refractivity (Wildman–Crippen MR) is 75.8 cm³/mol. The Morgan fingerprint density at radius 1 is 1.40 bits per heavy atom. The fraction of sp³-hybridized carbons (Fsp3) is 0.308. The zero-order valence-corrected chi connectivity index (χ0v) is 12.0. The number of rotatable bonds is 7. The molecular weight excluding hydrogens is 280 g/mol. The summed E-state index contributed by atoms with van der Waals surface area (Å²) < 4.78 is 25.9. The number of hydrogen-bond donors (Lipinski definition) is 3. The van der Waals surface area contributed by atoms with E-state index in [2.05, 4.69) is 16.6 Å². The largest absolute Gasteiger partial charge is 0.392 e. The molecule has 1 unspecified atom stereocenters. The second kappa shape index (κ2) is 7.18. The fourth-order valence-electron chi connectivity index (χ4n) is 1.38. The van der Waals surface area contributed by atoms with Crippen LogP contribution in [0.3, 0.4) is 0 Å². The molecule has 110 valence electrons. The zero-order chi connectivity index (χ0) is 15.2. The Bertz CT molecular complexity index is 565. The molecule has 1 aromatic carbocycles. The van der Waals surface area contributed by atoms with Gasteiger partial charge in [-0.25, -0.2) is 13.1 Å². The van der Waals surface area contributed by atoms with Crippen molar-refractivity contribution in [2.45, 2.75) is 17.9 Å². The molecule has 0 aliphatic carbocycles. The number of carbonyl (C=O) groups is 1. The molecule has 0 saturated carbocycles. The molecule has 1 rings (SSSR count). The van der Waals surface area contributed by atoms with E-state index in [-0.39, 0.29) is 23.9 Å². The van der Waals surface area contributed by atoms with Gasteiger partial charge in [0.1, 0.15) is 0 Å². The third kappa shape index (κ3) is 4.76. The molecule has 0 heterocycles. The van der Waals surface area contributed by atoms with Crippen LogP contribution in [-0.2, 0) is 10.0 Å². The van der Waals surface area contributed by atoms with E-state index in [1.54, 1.807) is 6.92 Å². The number of nitrogens with one attached hydrogen (secondary N) is 2. The van der Waals surface area contributed by atoms with Crippen molar-refractivity contribution in [3.05, 3.63) is 42.5 Å². The van der Waals surface area contributed by atoms with Crippen molar-refractivity contribution in [1.29, 1.82) is 0 Å². The van der Waals surface area contributed by atoms with Gasteiger partial charge in [0.25, 0.3) is 5.91 Å². The van der Waals surface area contributed by atoms with E-state index in [1.165, 1.54) is 30.3 Å². The first kappa shape index (κ1) is 16.4. The lowest BCUT2D eigenvalue weighted by Gasteiger charge is -2.08. The maximum absolute atomic E-state index is 11.8. The zero-order valence-electron chi connectivity index (χ0n) is 11.2. The molecule has 0 spiro atoms. The first-order chi connectivity index (χ1) is 9.36. The minimum Gasteiger partial charge on any atom is -0.392 e. The third-order valence-corrected chi connectivity index (χ3v) is 3.84. The van der Waals surface area contributed by atoms with Crippen LogP contribution in [0.5, 0.6) is 0 Å². The van der Waals surface area contributed by atoms with Crippen LogP contribution in [0, 0.1) is 0 Å². The van der Waals surface area contributed by atoms with E-state index < -0.39 is 16.1 Å². The summed E-state index contributed by atoms with van der Waals surface area (Å²) in [5, 5.41) is 11.6. The third-order valence-electron chi connectivity index (χ3n) is 2.40. The molecule has 6 nitrogen and oxygen atoms in total. The lowest BCUT2D eigenvalue weighted by Crippen LogP contribution is -2.30. The van der Waals surface area contributed by atoms with Gasteiger partial charge in [0.15, 0.2) is 0 Å². The minimum atomic E-state index is -3.58. The summed E-state index contributed by atoms with van der Waals surface area (Å²) in [6, 6.07) is 5.53. The molecule has 0 radical (unpaired) electrons. The van der Waals surface area contributed by atoms with E-state index in [0.29, 0.717) is 5.56 Å².